The maximum Gasteiger partial charge on any atom is 0.282 e. The summed E-state index contributed by atoms with van der Waals surface area (Å²) in [6.45, 7) is 8.95. The maximum absolute atomic E-state index is 12.9. The van der Waals surface area contributed by atoms with Crippen molar-refractivity contribution >= 4 is 27.2 Å². The molecule has 0 aromatic carbocycles. The van der Waals surface area contributed by atoms with Crippen LogP contribution in [0.3, 0.4) is 0 Å². The van der Waals surface area contributed by atoms with Gasteiger partial charge in [-0.2, -0.15) is 5.10 Å². The molecule has 0 saturated heterocycles. The molecule has 30 heavy (non-hydrogen) atoms. The highest BCUT2D eigenvalue weighted by Gasteiger charge is 2.31. The lowest BCUT2D eigenvalue weighted by Crippen LogP contribution is -2.26. The van der Waals surface area contributed by atoms with Crippen molar-refractivity contribution in [3.05, 3.63) is 40.0 Å². The van der Waals surface area contributed by atoms with Gasteiger partial charge in [0.1, 0.15) is 23.4 Å². The number of hydrogen-bond acceptors (Lipinski definition) is 5. The molecule has 158 valence electrons. The van der Waals surface area contributed by atoms with Gasteiger partial charge in [0.15, 0.2) is 11.5 Å². The van der Waals surface area contributed by atoms with E-state index in [0.717, 1.165) is 35.1 Å². The van der Waals surface area contributed by atoms with Gasteiger partial charge in [-0.15, -0.1) is 16.4 Å². The van der Waals surface area contributed by atoms with Crippen molar-refractivity contribution in [3.8, 4) is 0 Å². The summed E-state index contributed by atoms with van der Waals surface area (Å²) in [5.74, 6) is 1.20. The quantitative estimate of drug-likeness (QED) is 0.460. The van der Waals surface area contributed by atoms with Crippen LogP contribution in [-0.2, 0) is 19.4 Å². The van der Waals surface area contributed by atoms with Crippen molar-refractivity contribution in [2.75, 3.05) is 0 Å². The van der Waals surface area contributed by atoms with Crippen molar-refractivity contribution in [1.82, 2.24) is 29.4 Å². The molecule has 1 aliphatic carbocycles. The Morgan fingerprint density at radius 2 is 2.07 bits per heavy atom. The van der Waals surface area contributed by atoms with E-state index in [1.54, 1.807) is 29.1 Å². The van der Waals surface area contributed by atoms with Crippen LogP contribution in [0.1, 0.15) is 61.3 Å². The molecule has 4 aromatic heterocycles. The van der Waals surface area contributed by atoms with E-state index in [1.165, 1.54) is 21.2 Å². The normalized spacial score (nSPS) is 17.4. The fourth-order valence-electron chi connectivity index (χ4n) is 4.36. The molecule has 0 unspecified atom stereocenters. The molecule has 4 heterocycles. The van der Waals surface area contributed by atoms with Gasteiger partial charge < -0.3 is 0 Å². The highest BCUT2D eigenvalue weighted by molar-refractivity contribution is 7.19. The number of thiophene rings is 1. The summed E-state index contributed by atoms with van der Waals surface area (Å²) in [6.07, 6.45) is 2.37. The molecule has 0 spiro atoms. The zero-order chi connectivity index (χ0) is 21.2. The number of aryl methyl sites for hydroxylation is 2. The Morgan fingerprint density at radius 1 is 1.27 bits per heavy atom. The molecule has 0 radical (unpaired) electrons. The zero-order valence-corrected chi connectivity index (χ0v) is 18.3. The number of hydrogen-bond donors (Lipinski definition) is 0. The van der Waals surface area contributed by atoms with Crippen LogP contribution < -0.4 is 0 Å². The summed E-state index contributed by atoms with van der Waals surface area (Å²) < 4.78 is 29.1. The molecule has 0 bridgehead atoms. The van der Waals surface area contributed by atoms with Crippen LogP contribution in [0.4, 0.5) is 8.78 Å². The molecule has 6 nitrogen and oxygen atoms in total. The lowest BCUT2D eigenvalue weighted by Gasteiger charge is -2.33. The first-order valence-corrected chi connectivity index (χ1v) is 11.0. The van der Waals surface area contributed by atoms with Gasteiger partial charge in [0.05, 0.1) is 5.39 Å². The van der Waals surface area contributed by atoms with Crippen molar-refractivity contribution in [3.63, 3.8) is 0 Å². The summed E-state index contributed by atoms with van der Waals surface area (Å²) in [5.41, 5.74) is 2.87. The van der Waals surface area contributed by atoms with E-state index < -0.39 is 6.43 Å². The lowest BCUT2D eigenvalue weighted by molar-refractivity contribution is 0.145. The topological polar surface area (TPSA) is 60.9 Å². The minimum Gasteiger partial charge on any atom is -0.262 e. The molecule has 4 aromatic rings. The Bertz CT molecular complexity index is 1250. The third-order valence-electron chi connectivity index (χ3n) is 6.17. The standard InChI is InChI=1S/C21H24F2N6S/c1-11-7-14(18(22)23)26-28(11)9-16-25-19-17-13-6-5-12(21(2,3)4)8-15(13)30-20(17)24-10-29(19)27-16/h7,10,12,18H,5-6,8-9H2,1-4H3/t12-/m1/s1. The van der Waals surface area contributed by atoms with E-state index in [9.17, 15) is 8.78 Å². The van der Waals surface area contributed by atoms with Gasteiger partial charge in [-0.1, -0.05) is 20.8 Å². The summed E-state index contributed by atoms with van der Waals surface area (Å²) in [7, 11) is 0. The largest absolute Gasteiger partial charge is 0.282 e. The molecule has 1 atom stereocenters. The van der Waals surface area contributed by atoms with E-state index in [2.05, 4.69) is 36.0 Å². The van der Waals surface area contributed by atoms with Crippen LogP contribution >= 0.6 is 11.3 Å². The Morgan fingerprint density at radius 3 is 2.77 bits per heavy atom. The van der Waals surface area contributed by atoms with E-state index in [1.807, 2.05) is 0 Å². The van der Waals surface area contributed by atoms with E-state index in [-0.39, 0.29) is 17.7 Å². The number of halogens is 2. The van der Waals surface area contributed by atoms with Gasteiger partial charge >= 0.3 is 0 Å². The molecular formula is C21H24F2N6S. The predicted molar refractivity (Wildman–Crippen MR) is 112 cm³/mol. The van der Waals surface area contributed by atoms with Crippen LogP contribution in [0, 0.1) is 18.3 Å². The van der Waals surface area contributed by atoms with Crippen molar-refractivity contribution in [2.24, 2.45) is 11.3 Å². The molecule has 9 heteroatoms. The first-order valence-electron chi connectivity index (χ1n) is 10.2. The van der Waals surface area contributed by atoms with E-state index in [0.29, 0.717) is 17.4 Å². The van der Waals surface area contributed by atoms with Crippen LogP contribution in [0.15, 0.2) is 12.4 Å². The van der Waals surface area contributed by atoms with Gasteiger partial charge in [0.2, 0.25) is 0 Å². The third kappa shape index (κ3) is 3.19. The number of rotatable bonds is 3. The van der Waals surface area contributed by atoms with E-state index >= 15 is 0 Å². The lowest BCUT2D eigenvalue weighted by atomic mass is 9.72. The highest BCUT2D eigenvalue weighted by atomic mass is 32.1. The first kappa shape index (κ1) is 19.5. The molecule has 0 aliphatic heterocycles. The van der Waals surface area contributed by atoms with Gasteiger partial charge in [-0.25, -0.2) is 23.3 Å². The molecule has 0 saturated carbocycles. The highest BCUT2D eigenvalue weighted by Crippen LogP contribution is 2.43. The van der Waals surface area contributed by atoms with Crippen LogP contribution in [0.5, 0.6) is 0 Å². The Kier molecular flexibility index (Phi) is 4.43. The third-order valence-corrected chi connectivity index (χ3v) is 7.33. The fraction of sp³-hybridized carbons (Fsp3) is 0.524. The summed E-state index contributed by atoms with van der Waals surface area (Å²) in [5, 5.41) is 9.62. The average Bonchev–Trinajstić information content (AvgIpc) is 3.35. The molecule has 0 N–H and O–H groups in total. The van der Waals surface area contributed by atoms with Crippen molar-refractivity contribution in [2.45, 2.75) is 59.9 Å². The van der Waals surface area contributed by atoms with Gasteiger partial charge in [-0.3, -0.25) is 4.68 Å². The van der Waals surface area contributed by atoms with Crippen LogP contribution in [0.25, 0.3) is 15.9 Å². The molecule has 5 rings (SSSR count). The zero-order valence-electron chi connectivity index (χ0n) is 17.5. The second kappa shape index (κ2) is 6.80. The first-order chi connectivity index (χ1) is 14.2. The Labute approximate surface area is 177 Å². The van der Waals surface area contributed by atoms with Crippen molar-refractivity contribution in [1.29, 1.82) is 0 Å². The summed E-state index contributed by atoms with van der Waals surface area (Å²) in [4.78, 5) is 11.8. The predicted octanol–water partition coefficient (Wildman–Crippen LogP) is 4.98. The van der Waals surface area contributed by atoms with E-state index in [4.69, 9.17) is 4.98 Å². The average molecular weight is 431 g/mol. The minimum atomic E-state index is -2.59. The van der Waals surface area contributed by atoms with Gasteiger partial charge in [-0.05, 0) is 49.1 Å². The summed E-state index contributed by atoms with van der Waals surface area (Å²) >= 11 is 1.76. The summed E-state index contributed by atoms with van der Waals surface area (Å²) in [6, 6.07) is 1.40. The smallest absolute Gasteiger partial charge is 0.262 e. The van der Waals surface area contributed by atoms with Crippen molar-refractivity contribution < 1.29 is 8.78 Å². The number of nitrogens with zero attached hydrogens (tertiary/aromatic N) is 6. The number of fused-ring (bicyclic) bond motifs is 5. The molecule has 0 fully saturated rings. The molecule has 0 amide bonds. The maximum atomic E-state index is 12.9. The Hall–Kier alpha value is -2.42. The fourth-order valence-corrected chi connectivity index (χ4v) is 5.62. The van der Waals surface area contributed by atoms with Gasteiger partial charge in [0, 0.05) is 10.6 Å². The number of aromatic nitrogens is 6. The Balaban J connectivity index is 1.54. The van der Waals surface area contributed by atoms with Crippen LogP contribution in [0.2, 0.25) is 0 Å². The van der Waals surface area contributed by atoms with Crippen LogP contribution in [-0.4, -0.2) is 29.4 Å². The minimum absolute atomic E-state index is 0.222. The number of alkyl halides is 2. The monoisotopic (exact) mass is 430 g/mol. The van der Waals surface area contributed by atoms with Gasteiger partial charge in [0.25, 0.3) is 6.43 Å². The SMILES string of the molecule is Cc1cc(C(F)F)nn1Cc1nc2c3c4c(sc3ncn2n1)C[C@H](C(C)(C)C)CC4. The second-order valence-corrected chi connectivity index (χ2v) is 10.3. The molecule has 1 aliphatic rings. The second-order valence-electron chi connectivity index (χ2n) is 9.20. The molecular weight excluding hydrogens is 406 g/mol.